The molecule has 0 fully saturated rings. The summed E-state index contributed by atoms with van der Waals surface area (Å²) in [5.74, 6) is 0.0762. The van der Waals surface area contributed by atoms with Crippen molar-refractivity contribution in [2.45, 2.75) is 27.3 Å². The molecule has 0 saturated heterocycles. The lowest BCUT2D eigenvalue weighted by Gasteiger charge is -2.26. The minimum Gasteiger partial charge on any atom is -0.395 e. The van der Waals surface area contributed by atoms with Crippen molar-refractivity contribution in [3.05, 3.63) is 35.9 Å². The van der Waals surface area contributed by atoms with Crippen LogP contribution in [-0.2, 0) is 16.6 Å². The first-order valence-electron chi connectivity index (χ1n) is 6.37. The zero-order valence-corrected chi connectivity index (χ0v) is 12.7. The predicted octanol–water partition coefficient (Wildman–Crippen LogP) is 1.86. The Morgan fingerprint density at radius 1 is 1.16 bits per heavy atom. The van der Waals surface area contributed by atoms with Crippen molar-refractivity contribution in [1.29, 1.82) is 0 Å². The van der Waals surface area contributed by atoms with E-state index in [-0.39, 0.29) is 24.3 Å². The molecule has 0 bridgehead atoms. The Hall–Kier alpha value is -0.910. The first kappa shape index (κ1) is 16.1. The molecule has 0 amide bonds. The molecule has 0 saturated carbocycles. The zero-order valence-electron chi connectivity index (χ0n) is 11.8. The topological polar surface area (TPSA) is 57.6 Å². The Bertz CT molecular complexity index is 477. The molecule has 0 aliphatic heterocycles. The molecule has 0 aliphatic rings. The molecule has 1 aromatic rings. The quantitative estimate of drug-likeness (QED) is 0.868. The van der Waals surface area contributed by atoms with Gasteiger partial charge in [0, 0.05) is 13.1 Å². The highest BCUT2D eigenvalue weighted by Gasteiger charge is 2.27. The van der Waals surface area contributed by atoms with Gasteiger partial charge in [-0.1, -0.05) is 51.1 Å². The molecule has 5 heteroatoms. The van der Waals surface area contributed by atoms with E-state index in [1.54, 1.807) is 0 Å². The van der Waals surface area contributed by atoms with Crippen molar-refractivity contribution < 1.29 is 13.5 Å². The van der Waals surface area contributed by atoms with E-state index >= 15 is 0 Å². The lowest BCUT2D eigenvalue weighted by atomic mass is 10.0. The molecule has 4 nitrogen and oxygen atoms in total. The maximum atomic E-state index is 12.4. The van der Waals surface area contributed by atoms with Crippen LogP contribution >= 0.6 is 0 Å². The van der Waals surface area contributed by atoms with E-state index in [1.807, 2.05) is 51.1 Å². The summed E-state index contributed by atoms with van der Waals surface area (Å²) in [7, 11) is -3.37. The van der Waals surface area contributed by atoms with Gasteiger partial charge in [-0.2, -0.15) is 4.31 Å². The molecule has 1 rings (SSSR count). The van der Waals surface area contributed by atoms with Crippen LogP contribution in [0.4, 0.5) is 0 Å². The fourth-order valence-corrected chi connectivity index (χ4v) is 3.84. The van der Waals surface area contributed by atoms with Crippen molar-refractivity contribution in [2.75, 3.05) is 18.9 Å². The van der Waals surface area contributed by atoms with Crippen molar-refractivity contribution in [2.24, 2.45) is 5.41 Å². The van der Waals surface area contributed by atoms with E-state index < -0.39 is 10.0 Å². The van der Waals surface area contributed by atoms with Gasteiger partial charge in [0.05, 0.1) is 12.4 Å². The third kappa shape index (κ3) is 5.72. The second kappa shape index (κ2) is 6.50. The van der Waals surface area contributed by atoms with Gasteiger partial charge in [0.1, 0.15) is 0 Å². The number of aliphatic hydroxyl groups excluding tert-OH is 1. The smallest absolute Gasteiger partial charge is 0.214 e. The summed E-state index contributed by atoms with van der Waals surface area (Å²) in [6.45, 7) is 5.95. The summed E-state index contributed by atoms with van der Waals surface area (Å²) in [5, 5.41) is 9.07. The fraction of sp³-hybridized carbons (Fsp3) is 0.571. The number of nitrogens with zero attached hydrogens (tertiary/aromatic N) is 1. The molecule has 0 unspecified atom stereocenters. The first-order valence-corrected chi connectivity index (χ1v) is 7.98. The van der Waals surface area contributed by atoms with Gasteiger partial charge in [-0.3, -0.25) is 0 Å². The molecular weight excluding hydrogens is 262 g/mol. The normalized spacial score (nSPS) is 12.9. The highest BCUT2D eigenvalue weighted by molar-refractivity contribution is 7.89. The Labute approximate surface area is 116 Å². The molecule has 0 aliphatic carbocycles. The summed E-state index contributed by atoms with van der Waals surface area (Å²) in [5.41, 5.74) is 0.622. The van der Waals surface area contributed by atoms with Gasteiger partial charge in [-0.25, -0.2) is 8.42 Å². The predicted molar refractivity (Wildman–Crippen MR) is 77.2 cm³/mol. The standard InChI is InChI=1S/C14H23NO3S/c1-14(2,3)12-19(17,18)15(9-10-16)11-13-7-5-4-6-8-13/h4-8,16H,9-12H2,1-3H3. The van der Waals surface area contributed by atoms with E-state index in [0.29, 0.717) is 6.54 Å². The van der Waals surface area contributed by atoms with Crippen LogP contribution in [0.5, 0.6) is 0 Å². The van der Waals surface area contributed by atoms with Gasteiger partial charge >= 0.3 is 0 Å². The van der Waals surface area contributed by atoms with E-state index in [1.165, 1.54) is 4.31 Å². The second-order valence-electron chi connectivity index (χ2n) is 5.86. The van der Waals surface area contributed by atoms with E-state index in [9.17, 15) is 8.42 Å². The maximum absolute atomic E-state index is 12.4. The summed E-state index contributed by atoms with van der Waals surface area (Å²) in [6.07, 6.45) is 0. The van der Waals surface area contributed by atoms with Gasteiger partial charge in [0.2, 0.25) is 10.0 Å². The average Bonchev–Trinajstić information content (AvgIpc) is 2.26. The number of hydrogen-bond acceptors (Lipinski definition) is 3. The number of rotatable bonds is 6. The third-order valence-corrected chi connectivity index (χ3v) is 4.89. The summed E-state index contributed by atoms with van der Waals surface area (Å²) in [4.78, 5) is 0. The average molecular weight is 285 g/mol. The summed E-state index contributed by atoms with van der Waals surface area (Å²) in [6, 6.07) is 9.42. The maximum Gasteiger partial charge on any atom is 0.214 e. The van der Waals surface area contributed by atoms with E-state index in [0.717, 1.165) is 5.56 Å². The highest BCUT2D eigenvalue weighted by Crippen LogP contribution is 2.20. The van der Waals surface area contributed by atoms with Gasteiger partial charge in [-0.15, -0.1) is 0 Å². The Morgan fingerprint density at radius 3 is 2.21 bits per heavy atom. The molecule has 0 radical (unpaired) electrons. The summed E-state index contributed by atoms with van der Waals surface area (Å²) >= 11 is 0. The van der Waals surface area contributed by atoms with E-state index in [4.69, 9.17) is 5.11 Å². The van der Waals surface area contributed by atoms with Crippen LogP contribution in [0.2, 0.25) is 0 Å². The Balaban J connectivity index is 2.88. The van der Waals surface area contributed by atoms with Crippen LogP contribution in [0, 0.1) is 5.41 Å². The first-order chi connectivity index (χ1) is 8.74. The number of hydrogen-bond donors (Lipinski definition) is 1. The molecule has 0 atom stereocenters. The molecular formula is C14H23NO3S. The molecule has 108 valence electrons. The van der Waals surface area contributed by atoms with Crippen LogP contribution in [0.3, 0.4) is 0 Å². The number of aliphatic hydroxyl groups is 1. The lowest BCUT2D eigenvalue weighted by molar-refractivity contribution is 0.249. The van der Waals surface area contributed by atoms with Crippen LogP contribution in [0.15, 0.2) is 30.3 Å². The number of sulfonamides is 1. The molecule has 19 heavy (non-hydrogen) atoms. The molecule has 0 spiro atoms. The zero-order chi connectivity index (χ0) is 14.5. The minimum atomic E-state index is -3.37. The van der Waals surface area contributed by atoms with Crippen molar-refractivity contribution in [3.8, 4) is 0 Å². The highest BCUT2D eigenvalue weighted by atomic mass is 32.2. The van der Waals surface area contributed by atoms with Crippen LogP contribution in [-0.4, -0.2) is 36.7 Å². The SMILES string of the molecule is CC(C)(C)CS(=O)(=O)N(CCO)Cc1ccccc1. The summed E-state index contributed by atoms with van der Waals surface area (Å²) < 4.78 is 26.1. The molecule has 1 aromatic carbocycles. The Kier molecular flexibility index (Phi) is 5.52. The number of benzene rings is 1. The van der Waals surface area contributed by atoms with Crippen LogP contribution in [0.25, 0.3) is 0 Å². The van der Waals surface area contributed by atoms with Gasteiger partial charge in [0.25, 0.3) is 0 Å². The van der Waals surface area contributed by atoms with Gasteiger partial charge in [-0.05, 0) is 11.0 Å². The van der Waals surface area contributed by atoms with Gasteiger partial charge in [0.15, 0.2) is 0 Å². The van der Waals surface area contributed by atoms with Crippen LogP contribution in [0.1, 0.15) is 26.3 Å². The van der Waals surface area contributed by atoms with Gasteiger partial charge < -0.3 is 5.11 Å². The van der Waals surface area contributed by atoms with Crippen molar-refractivity contribution in [1.82, 2.24) is 4.31 Å². The second-order valence-corrected chi connectivity index (χ2v) is 7.83. The van der Waals surface area contributed by atoms with E-state index in [2.05, 4.69) is 0 Å². The molecule has 0 heterocycles. The molecule has 1 N–H and O–H groups in total. The van der Waals surface area contributed by atoms with Crippen molar-refractivity contribution in [3.63, 3.8) is 0 Å². The lowest BCUT2D eigenvalue weighted by Crippen LogP contribution is -2.38. The Morgan fingerprint density at radius 2 is 1.74 bits per heavy atom. The van der Waals surface area contributed by atoms with Crippen LogP contribution < -0.4 is 0 Å². The minimum absolute atomic E-state index is 0.0762. The fourth-order valence-electron chi connectivity index (χ4n) is 1.85. The largest absolute Gasteiger partial charge is 0.395 e. The third-order valence-electron chi connectivity index (χ3n) is 2.56. The van der Waals surface area contributed by atoms with Crippen molar-refractivity contribution >= 4 is 10.0 Å². The molecule has 0 aromatic heterocycles. The monoisotopic (exact) mass is 285 g/mol.